The van der Waals surface area contributed by atoms with Gasteiger partial charge in [-0.3, -0.25) is 4.79 Å². The Balaban J connectivity index is 2.45. The zero-order valence-corrected chi connectivity index (χ0v) is 11.5. The quantitative estimate of drug-likeness (QED) is 0.797. The Hall–Kier alpha value is -2.23. The summed E-state index contributed by atoms with van der Waals surface area (Å²) < 4.78 is 31.3. The van der Waals surface area contributed by atoms with Crippen molar-refractivity contribution in [3.8, 4) is 5.75 Å². The van der Waals surface area contributed by atoms with Crippen LogP contribution in [0.15, 0.2) is 30.3 Å². The normalized spacial score (nSPS) is 10.4. The van der Waals surface area contributed by atoms with E-state index < -0.39 is 11.6 Å². The van der Waals surface area contributed by atoms with Crippen LogP contribution >= 0.6 is 0 Å². The van der Waals surface area contributed by atoms with Crippen molar-refractivity contribution in [1.82, 2.24) is 0 Å². The van der Waals surface area contributed by atoms with Crippen molar-refractivity contribution in [1.29, 1.82) is 0 Å². The molecule has 0 amide bonds. The largest absolute Gasteiger partial charge is 0.496 e. The lowest BCUT2D eigenvalue weighted by molar-refractivity contribution is 0.103. The van der Waals surface area contributed by atoms with E-state index in [1.807, 2.05) is 13.8 Å². The highest BCUT2D eigenvalue weighted by atomic mass is 19.2. The molecule has 2 nitrogen and oxygen atoms in total. The van der Waals surface area contributed by atoms with E-state index in [0.29, 0.717) is 11.3 Å². The lowest BCUT2D eigenvalue weighted by Crippen LogP contribution is -2.04. The smallest absolute Gasteiger partial charge is 0.193 e. The molecule has 0 saturated carbocycles. The predicted octanol–water partition coefficient (Wildman–Crippen LogP) is 3.82. The molecule has 2 aromatic rings. The molecule has 0 radical (unpaired) electrons. The fourth-order valence-corrected chi connectivity index (χ4v) is 2.21. The first-order chi connectivity index (χ1) is 9.43. The number of hydrogen-bond acceptors (Lipinski definition) is 2. The number of hydrogen-bond donors (Lipinski definition) is 0. The zero-order chi connectivity index (χ0) is 14.9. The van der Waals surface area contributed by atoms with Gasteiger partial charge < -0.3 is 4.74 Å². The molecular weight excluding hydrogens is 262 g/mol. The molecule has 0 aromatic heterocycles. The first-order valence-electron chi connectivity index (χ1n) is 6.09. The van der Waals surface area contributed by atoms with Crippen molar-refractivity contribution in [3.05, 3.63) is 64.2 Å². The van der Waals surface area contributed by atoms with Crippen LogP contribution in [0, 0.1) is 25.5 Å². The van der Waals surface area contributed by atoms with E-state index in [2.05, 4.69) is 0 Å². The molecule has 2 aromatic carbocycles. The van der Waals surface area contributed by atoms with Gasteiger partial charge in [-0.05, 0) is 55.3 Å². The number of aryl methyl sites for hydroxylation is 2. The summed E-state index contributed by atoms with van der Waals surface area (Å²) in [4.78, 5) is 12.3. The molecule has 2 rings (SSSR count). The van der Waals surface area contributed by atoms with Gasteiger partial charge in [0.25, 0.3) is 0 Å². The van der Waals surface area contributed by atoms with E-state index in [1.165, 1.54) is 6.07 Å². The van der Waals surface area contributed by atoms with Crippen molar-refractivity contribution < 1.29 is 18.3 Å². The number of carbonyl (C=O) groups excluding carboxylic acids is 1. The van der Waals surface area contributed by atoms with Crippen molar-refractivity contribution >= 4 is 5.78 Å². The number of rotatable bonds is 3. The minimum Gasteiger partial charge on any atom is -0.496 e. The molecule has 0 aliphatic carbocycles. The number of methoxy groups -OCH3 is 1. The van der Waals surface area contributed by atoms with E-state index in [0.717, 1.165) is 23.3 Å². The topological polar surface area (TPSA) is 26.3 Å². The lowest BCUT2D eigenvalue weighted by atomic mass is 9.98. The van der Waals surface area contributed by atoms with Crippen LogP contribution in [0.4, 0.5) is 8.78 Å². The van der Waals surface area contributed by atoms with Crippen molar-refractivity contribution in [2.45, 2.75) is 13.8 Å². The standard InChI is InChI=1S/C16H14F2O2/c1-9-6-12(7-10(2)16(9)20-3)15(19)11-4-5-13(17)14(18)8-11/h4-8H,1-3H3. The first-order valence-corrected chi connectivity index (χ1v) is 6.09. The maximum Gasteiger partial charge on any atom is 0.193 e. The van der Waals surface area contributed by atoms with Crippen LogP contribution in [0.25, 0.3) is 0 Å². The summed E-state index contributed by atoms with van der Waals surface area (Å²) in [5.74, 6) is -1.63. The number of benzene rings is 2. The van der Waals surface area contributed by atoms with Crippen molar-refractivity contribution in [2.75, 3.05) is 7.11 Å². The molecule has 0 atom stereocenters. The van der Waals surface area contributed by atoms with Gasteiger partial charge in [-0.15, -0.1) is 0 Å². The van der Waals surface area contributed by atoms with Crippen LogP contribution in [0.3, 0.4) is 0 Å². The Morgan fingerprint density at radius 3 is 2.05 bits per heavy atom. The molecule has 20 heavy (non-hydrogen) atoms. The number of carbonyl (C=O) groups is 1. The Labute approximate surface area is 116 Å². The van der Waals surface area contributed by atoms with Gasteiger partial charge in [0.1, 0.15) is 5.75 Å². The molecule has 0 bridgehead atoms. The number of halogens is 2. The zero-order valence-electron chi connectivity index (χ0n) is 11.5. The van der Waals surface area contributed by atoms with Gasteiger partial charge in [0.05, 0.1) is 7.11 Å². The number of ether oxygens (including phenoxy) is 1. The van der Waals surface area contributed by atoms with Crippen molar-refractivity contribution in [3.63, 3.8) is 0 Å². The highest BCUT2D eigenvalue weighted by Crippen LogP contribution is 2.25. The molecule has 0 aliphatic rings. The highest BCUT2D eigenvalue weighted by Gasteiger charge is 2.15. The first kappa shape index (κ1) is 14.2. The summed E-state index contributed by atoms with van der Waals surface area (Å²) in [5, 5.41) is 0. The second-order valence-electron chi connectivity index (χ2n) is 4.60. The number of ketones is 1. The van der Waals surface area contributed by atoms with E-state index in [1.54, 1.807) is 19.2 Å². The van der Waals surface area contributed by atoms with Crippen LogP contribution in [0.5, 0.6) is 5.75 Å². The summed E-state index contributed by atoms with van der Waals surface area (Å²) in [7, 11) is 1.56. The second-order valence-corrected chi connectivity index (χ2v) is 4.60. The van der Waals surface area contributed by atoms with Gasteiger partial charge in [0.2, 0.25) is 0 Å². The molecule has 0 spiro atoms. The van der Waals surface area contributed by atoms with Crippen molar-refractivity contribution in [2.24, 2.45) is 0 Å². The van der Waals surface area contributed by atoms with Gasteiger partial charge in [-0.1, -0.05) is 0 Å². The molecule has 0 fully saturated rings. The third kappa shape index (κ3) is 2.54. The van der Waals surface area contributed by atoms with Gasteiger partial charge >= 0.3 is 0 Å². The van der Waals surface area contributed by atoms with E-state index in [9.17, 15) is 13.6 Å². The van der Waals surface area contributed by atoms with Crippen LogP contribution in [-0.4, -0.2) is 12.9 Å². The Morgan fingerprint density at radius 2 is 1.55 bits per heavy atom. The third-order valence-corrected chi connectivity index (χ3v) is 3.11. The minimum absolute atomic E-state index is 0.118. The lowest BCUT2D eigenvalue weighted by Gasteiger charge is -2.11. The van der Waals surface area contributed by atoms with Crippen LogP contribution < -0.4 is 4.74 Å². The van der Waals surface area contributed by atoms with Crippen LogP contribution in [0.1, 0.15) is 27.0 Å². The van der Waals surface area contributed by atoms with Gasteiger partial charge in [-0.25, -0.2) is 8.78 Å². The average molecular weight is 276 g/mol. The maximum absolute atomic E-state index is 13.2. The van der Waals surface area contributed by atoms with Crippen LogP contribution in [-0.2, 0) is 0 Å². The van der Waals surface area contributed by atoms with E-state index in [4.69, 9.17) is 4.74 Å². The molecule has 0 N–H and O–H groups in total. The SMILES string of the molecule is COc1c(C)cc(C(=O)c2ccc(F)c(F)c2)cc1C. The maximum atomic E-state index is 13.2. The summed E-state index contributed by atoms with van der Waals surface area (Å²) >= 11 is 0. The monoisotopic (exact) mass is 276 g/mol. The van der Waals surface area contributed by atoms with E-state index >= 15 is 0 Å². The van der Waals surface area contributed by atoms with E-state index in [-0.39, 0.29) is 11.3 Å². The van der Waals surface area contributed by atoms with Gasteiger partial charge in [-0.2, -0.15) is 0 Å². The fraction of sp³-hybridized carbons (Fsp3) is 0.188. The molecule has 0 saturated heterocycles. The van der Waals surface area contributed by atoms with Gasteiger partial charge in [0.15, 0.2) is 17.4 Å². The summed E-state index contributed by atoms with van der Waals surface area (Å²) in [6.07, 6.45) is 0. The minimum atomic E-state index is -1.03. The summed E-state index contributed by atoms with van der Waals surface area (Å²) in [6.45, 7) is 3.65. The summed E-state index contributed by atoms with van der Waals surface area (Å²) in [6, 6.07) is 6.48. The molecule has 0 heterocycles. The fourth-order valence-electron chi connectivity index (χ4n) is 2.21. The Kier molecular flexibility index (Phi) is 3.84. The second kappa shape index (κ2) is 5.41. The summed E-state index contributed by atoms with van der Waals surface area (Å²) in [5.41, 5.74) is 2.18. The average Bonchev–Trinajstić information content (AvgIpc) is 2.40. The Morgan fingerprint density at radius 1 is 0.950 bits per heavy atom. The van der Waals surface area contributed by atoms with Crippen LogP contribution in [0.2, 0.25) is 0 Å². The predicted molar refractivity (Wildman–Crippen MR) is 72.3 cm³/mol. The third-order valence-electron chi connectivity index (χ3n) is 3.11. The highest BCUT2D eigenvalue weighted by molar-refractivity contribution is 6.09. The molecule has 0 unspecified atom stereocenters. The van der Waals surface area contributed by atoms with Gasteiger partial charge in [0, 0.05) is 11.1 Å². The molecule has 0 aliphatic heterocycles. The molecular formula is C16H14F2O2. The molecule has 4 heteroatoms. The molecule has 104 valence electrons. The Bertz CT molecular complexity index is 655.